The number of sulfone groups is 1. The molecule has 3 atom stereocenters. The van der Waals surface area contributed by atoms with Crippen LogP contribution in [0.3, 0.4) is 0 Å². The lowest BCUT2D eigenvalue weighted by Crippen LogP contribution is -2.46. The van der Waals surface area contributed by atoms with Gasteiger partial charge in [-0.1, -0.05) is 19.4 Å². The van der Waals surface area contributed by atoms with Crippen LogP contribution in [0.15, 0.2) is 17.5 Å². The number of thiophene rings is 1. The van der Waals surface area contributed by atoms with Crippen LogP contribution in [-0.4, -0.2) is 38.5 Å². The standard InChI is InChI=1S/C15H24N2O3S2/c1-11(14-7-4-8-21-14)10-16-15(18)17-12-5-3-6-13(9-12)22(2,19)20/h4,7-8,11-13H,3,5-6,9-10H2,1-2H3,(H2,16,17,18)/t11-,12-,13-/m1/s1. The fraction of sp³-hybridized carbons (Fsp3) is 0.667. The number of carbonyl (C=O) groups excluding carboxylic acids is 1. The fourth-order valence-corrected chi connectivity index (χ4v) is 4.78. The van der Waals surface area contributed by atoms with Gasteiger partial charge in [-0.2, -0.15) is 0 Å². The highest BCUT2D eigenvalue weighted by Crippen LogP contribution is 2.24. The zero-order valence-electron chi connectivity index (χ0n) is 13.0. The summed E-state index contributed by atoms with van der Waals surface area (Å²) >= 11 is 1.68. The van der Waals surface area contributed by atoms with Gasteiger partial charge in [0.2, 0.25) is 0 Å². The van der Waals surface area contributed by atoms with Crippen LogP contribution in [-0.2, 0) is 9.84 Å². The smallest absolute Gasteiger partial charge is 0.315 e. The summed E-state index contributed by atoms with van der Waals surface area (Å²) < 4.78 is 23.3. The number of rotatable bonds is 5. The first kappa shape index (κ1) is 17.3. The van der Waals surface area contributed by atoms with E-state index in [-0.39, 0.29) is 23.2 Å². The molecule has 2 amide bonds. The lowest BCUT2D eigenvalue weighted by atomic mass is 9.95. The highest BCUT2D eigenvalue weighted by molar-refractivity contribution is 7.91. The average molecular weight is 345 g/mol. The van der Waals surface area contributed by atoms with E-state index in [1.165, 1.54) is 11.1 Å². The van der Waals surface area contributed by atoms with Gasteiger partial charge in [0, 0.05) is 29.6 Å². The Balaban J connectivity index is 1.77. The highest BCUT2D eigenvalue weighted by atomic mass is 32.2. The van der Waals surface area contributed by atoms with Gasteiger partial charge in [-0.05, 0) is 30.7 Å². The topological polar surface area (TPSA) is 75.3 Å². The average Bonchev–Trinajstić information content (AvgIpc) is 2.98. The Labute approximate surface area is 136 Å². The molecule has 0 saturated heterocycles. The normalized spacial score (nSPS) is 23.7. The van der Waals surface area contributed by atoms with Crippen molar-refractivity contribution in [2.75, 3.05) is 12.8 Å². The fourth-order valence-electron chi connectivity index (χ4n) is 2.82. The van der Waals surface area contributed by atoms with E-state index in [9.17, 15) is 13.2 Å². The van der Waals surface area contributed by atoms with Gasteiger partial charge in [0.25, 0.3) is 0 Å². The van der Waals surface area contributed by atoms with Gasteiger partial charge >= 0.3 is 6.03 Å². The molecule has 22 heavy (non-hydrogen) atoms. The molecule has 0 radical (unpaired) electrons. The molecule has 2 rings (SSSR count). The molecular formula is C15H24N2O3S2. The van der Waals surface area contributed by atoms with Crippen molar-refractivity contribution in [2.24, 2.45) is 0 Å². The Morgan fingerprint density at radius 1 is 1.45 bits per heavy atom. The van der Waals surface area contributed by atoms with Crippen LogP contribution in [0.1, 0.15) is 43.4 Å². The summed E-state index contributed by atoms with van der Waals surface area (Å²) in [7, 11) is -3.02. The summed E-state index contributed by atoms with van der Waals surface area (Å²) in [5.74, 6) is 0.279. The zero-order chi connectivity index (χ0) is 16.2. The second-order valence-corrected chi connectivity index (χ2v) is 9.39. The van der Waals surface area contributed by atoms with Crippen LogP contribution in [0.2, 0.25) is 0 Å². The predicted molar refractivity (Wildman–Crippen MR) is 90.2 cm³/mol. The summed E-state index contributed by atoms with van der Waals surface area (Å²) in [6.07, 6.45) is 4.19. The summed E-state index contributed by atoms with van der Waals surface area (Å²) in [6.45, 7) is 2.65. The van der Waals surface area contributed by atoms with E-state index in [2.05, 4.69) is 23.6 Å². The van der Waals surface area contributed by atoms with Gasteiger partial charge < -0.3 is 10.6 Å². The van der Waals surface area contributed by atoms with E-state index >= 15 is 0 Å². The Hall–Kier alpha value is -1.08. The lowest BCUT2D eigenvalue weighted by Gasteiger charge is -2.28. The maximum atomic E-state index is 12.0. The molecule has 1 fully saturated rings. The molecule has 1 aromatic heterocycles. The van der Waals surface area contributed by atoms with Crippen LogP contribution < -0.4 is 10.6 Å². The number of carbonyl (C=O) groups is 1. The van der Waals surface area contributed by atoms with Gasteiger partial charge in [-0.25, -0.2) is 13.2 Å². The van der Waals surface area contributed by atoms with Gasteiger partial charge in [0.05, 0.1) is 5.25 Å². The number of urea groups is 1. The minimum Gasteiger partial charge on any atom is -0.338 e. The van der Waals surface area contributed by atoms with Crippen molar-refractivity contribution in [3.8, 4) is 0 Å². The second-order valence-electron chi connectivity index (χ2n) is 6.09. The molecule has 0 aliphatic heterocycles. The minimum atomic E-state index is -3.02. The molecule has 1 saturated carbocycles. The summed E-state index contributed by atoms with van der Waals surface area (Å²) in [5, 5.41) is 7.49. The van der Waals surface area contributed by atoms with Crippen molar-refractivity contribution in [3.63, 3.8) is 0 Å². The Morgan fingerprint density at radius 2 is 2.23 bits per heavy atom. The third kappa shape index (κ3) is 4.98. The van der Waals surface area contributed by atoms with Gasteiger partial charge in [-0.3, -0.25) is 0 Å². The molecule has 1 aliphatic rings. The monoisotopic (exact) mass is 344 g/mol. The van der Waals surface area contributed by atoms with Crippen molar-refractivity contribution >= 4 is 27.2 Å². The quantitative estimate of drug-likeness (QED) is 0.862. The first-order valence-electron chi connectivity index (χ1n) is 7.63. The van der Waals surface area contributed by atoms with Crippen molar-refractivity contribution in [1.29, 1.82) is 0 Å². The van der Waals surface area contributed by atoms with Crippen molar-refractivity contribution in [1.82, 2.24) is 10.6 Å². The predicted octanol–water partition coefficient (Wildman–Crippen LogP) is 2.51. The lowest BCUT2D eigenvalue weighted by molar-refractivity contribution is 0.232. The maximum Gasteiger partial charge on any atom is 0.315 e. The molecule has 2 N–H and O–H groups in total. The Kier molecular flexibility index (Phi) is 5.86. The molecule has 0 bridgehead atoms. The van der Waals surface area contributed by atoms with E-state index in [0.29, 0.717) is 19.4 Å². The van der Waals surface area contributed by atoms with E-state index in [0.717, 1.165) is 12.8 Å². The van der Waals surface area contributed by atoms with Gasteiger partial charge in [0.1, 0.15) is 9.84 Å². The molecule has 5 nitrogen and oxygen atoms in total. The van der Waals surface area contributed by atoms with Crippen LogP contribution >= 0.6 is 11.3 Å². The minimum absolute atomic E-state index is 0.0504. The molecule has 0 spiro atoms. The Bertz CT molecular complexity index is 584. The third-order valence-corrected chi connectivity index (χ3v) is 6.91. The number of nitrogens with one attached hydrogen (secondary N) is 2. The SMILES string of the molecule is C[C@H](CNC(=O)N[C@@H]1CCC[C@@H](S(C)(=O)=O)C1)c1cccs1. The zero-order valence-corrected chi connectivity index (χ0v) is 14.7. The van der Waals surface area contributed by atoms with Crippen LogP contribution in [0, 0.1) is 0 Å². The largest absolute Gasteiger partial charge is 0.338 e. The second kappa shape index (κ2) is 7.46. The molecule has 124 valence electrons. The molecular weight excluding hydrogens is 320 g/mol. The van der Waals surface area contributed by atoms with Gasteiger partial charge in [0.15, 0.2) is 0 Å². The molecule has 7 heteroatoms. The highest BCUT2D eigenvalue weighted by Gasteiger charge is 2.29. The maximum absolute atomic E-state index is 12.0. The molecule has 1 heterocycles. The van der Waals surface area contributed by atoms with Crippen LogP contribution in [0.5, 0.6) is 0 Å². The number of amides is 2. The van der Waals surface area contributed by atoms with Crippen LogP contribution in [0.25, 0.3) is 0 Å². The van der Waals surface area contributed by atoms with E-state index in [1.807, 2.05) is 11.4 Å². The number of hydrogen-bond donors (Lipinski definition) is 2. The van der Waals surface area contributed by atoms with E-state index in [1.54, 1.807) is 11.3 Å². The van der Waals surface area contributed by atoms with Crippen molar-refractivity contribution < 1.29 is 13.2 Å². The van der Waals surface area contributed by atoms with Crippen molar-refractivity contribution in [3.05, 3.63) is 22.4 Å². The van der Waals surface area contributed by atoms with Crippen LogP contribution in [0.4, 0.5) is 4.79 Å². The summed E-state index contributed by atoms with van der Waals surface area (Å²) in [6, 6.07) is 3.81. The van der Waals surface area contributed by atoms with E-state index in [4.69, 9.17) is 0 Å². The Morgan fingerprint density at radius 3 is 2.86 bits per heavy atom. The number of hydrogen-bond acceptors (Lipinski definition) is 4. The van der Waals surface area contributed by atoms with E-state index < -0.39 is 9.84 Å². The molecule has 0 aromatic carbocycles. The van der Waals surface area contributed by atoms with Gasteiger partial charge in [-0.15, -0.1) is 11.3 Å². The first-order chi connectivity index (χ1) is 10.4. The molecule has 1 aliphatic carbocycles. The third-order valence-electron chi connectivity index (χ3n) is 4.16. The molecule has 0 unspecified atom stereocenters. The van der Waals surface area contributed by atoms with Crippen molar-refractivity contribution in [2.45, 2.75) is 49.8 Å². The molecule has 1 aromatic rings. The summed E-state index contributed by atoms with van der Waals surface area (Å²) in [4.78, 5) is 13.2. The summed E-state index contributed by atoms with van der Waals surface area (Å²) in [5.41, 5.74) is 0. The first-order valence-corrected chi connectivity index (χ1v) is 10.5.